The Morgan fingerprint density at radius 2 is 2.25 bits per heavy atom. The first-order chi connectivity index (χ1) is 11.6. The number of nitrogens with zero attached hydrogens (tertiary/aromatic N) is 3. The molecular formula is C17H26N4O3. The second-order valence-corrected chi connectivity index (χ2v) is 6.79. The number of nitrogens with one attached hydrogen (secondary N) is 1. The predicted molar refractivity (Wildman–Crippen MR) is 89.9 cm³/mol. The fourth-order valence-electron chi connectivity index (χ4n) is 3.55. The van der Waals surface area contributed by atoms with Gasteiger partial charge < -0.3 is 19.5 Å². The molecule has 2 aliphatic rings. The summed E-state index contributed by atoms with van der Waals surface area (Å²) in [6, 6.07) is 0. The van der Waals surface area contributed by atoms with Crippen molar-refractivity contribution in [2.45, 2.75) is 38.1 Å². The Hall–Kier alpha value is -1.73. The highest BCUT2D eigenvalue weighted by molar-refractivity contribution is 5.76. The van der Waals surface area contributed by atoms with Gasteiger partial charge in [-0.3, -0.25) is 9.59 Å². The maximum absolute atomic E-state index is 12.4. The maximum atomic E-state index is 12.4. The van der Waals surface area contributed by atoms with E-state index in [1.807, 2.05) is 11.9 Å². The highest BCUT2D eigenvalue weighted by Gasteiger charge is 2.28. The van der Waals surface area contributed by atoms with Gasteiger partial charge in [0.2, 0.25) is 5.91 Å². The molecule has 132 valence electrons. The van der Waals surface area contributed by atoms with Crippen LogP contribution in [0.3, 0.4) is 0 Å². The minimum absolute atomic E-state index is 0.0237. The third-order valence-corrected chi connectivity index (χ3v) is 4.96. The Morgan fingerprint density at radius 1 is 1.42 bits per heavy atom. The summed E-state index contributed by atoms with van der Waals surface area (Å²) in [5, 5.41) is 0. The number of carbonyl (C=O) groups is 1. The fourth-order valence-corrected chi connectivity index (χ4v) is 3.55. The van der Waals surface area contributed by atoms with Crippen molar-refractivity contribution in [3.8, 4) is 0 Å². The van der Waals surface area contributed by atoms with Crippen LogP contribution in [0, 0.1) is 0 Å². The lowest BCUT2D eigenvalue weighted by atomic mass is 9.96. The number of aromatic nitrogens is 2. The third kappa shape index (κ3) is 3.67. The summed E-state index contributed by atoms with van der Waals surface area (Å²) in [7, 11) is 3.62. The number of hydrogen-bond acceptors (Lipinski definition) is 5. The van der Waals surface area contributed by atoms with Crippen LogP contribution in [0.1, 0.15) is 42.3 Å². The van der Waals surface area contributed by atoms with Crippen LogP contribution < -0.4 is 5.56 Å². The first-order valence-corrected chi connectivity index (χ1v) is 8.65. The lowest BCUT2D eigenvalue weighted by molar-refractivity contribution is -0.133. The van der Waals surface area contributed by atoms with Crippen molar-refractivity contribution >= 4 is 5.91 Å². The molecule has 0 aliphatic carbocycles. The number of hydrogen-bond donors (Lipinski definition) is 1. The Morgan fingerprint density at radius 3 is 3.04 bits per heavy atom. The number of methoxy groups -OCH3 is 1. The zero-order chi connectivity index (χ0) is 17.1. The van der Waals surface area contributed by atoms with E-state index >= 15 is 0 Å². The summed E-state index contributed by atoms with van der Waals surface area (Å²) in [6.07, 6.45) is 3.11. The van der Waals surface area contributed by atoms with Crippen molar-refractivity contribution in [3.05, 3.63) is 27.4 Å². The summed E-state index contributed by atoms with van der Waals surface area (Å²) in [5.74, 6) is 0.971. The first kappa shape index (κ1) is 17.1. The number of ether oxygens (including phenoxy) is 1. The van der Waals surface area contributed by atoms with Crippen LogP contribution in [-0.2, 0) is 22.5 Å². The average molecular weight is 334 g/mol. The molecule has 3 rings (SSSR count). The van der Waals surface area contributed by atoms with E-state index in [-0.39, 0.29) is 17.4 Å². The normalized spacial score (nSPS) is 21.6. The number of amides is 1. The molecular weight excluding hydrogens is 308 g/mol. The molecule has 7 nitrogen and oxygen atoms in total. The van der Waals surface area contributed by atoms with Crippen molar-refractivity contribution in [2.75, 3.05) is 40.4 Å². The van der Waals surface area contributed by atoms with Crippen LogP contribution in [-0.4, -0.2) is 66.1 Å². The summed E-state index contributed by atoms with van der Waals surface area (Å²) in [4.78, 5) is 36.4. The Kier molecular flexibility index (Phi) is 5.30. The molecule has 0 saturated carbocycles. The Balaban J connectivity index is 1.75. The molecule has 1 N–H and O–H groups in total. The minimum Gasteiger partial charge on any atom is -0.384 e. The van der Waals surface area contributed by atoms with Gasteiger partial charge in [-0.1, -0.05) is 0 Å². The van der Waals surface area contributed by atoms with Gasteiger partial charge in [-0.2, -0.15) is 0 Å². The number of rotatable bonds is 4. The van der Waals surface area contributed by atoms with Crippen LogP contribution in [0.4, 0.5) is 0 Å². The van der Waals surface area contributed by atoms with Crippen molar-refractivity contribution in [3.63, 3.8) is 0 Å². The van der Waals surface area contributed by atoms with Gasteiger partial charge in [-0.05, 0) is 19.9 Å². The van der Waals surface area contributed by atoms with E-state index in [9.17, 15) is 9.59 Å². The molecule has 1 aromatic heterocycles. The zero-order valence-electron chi connectivity index (χ0n) is 14.5. The smallest absolute Gasteiger partial charge is 0.255 e. The SMILES string of the molecule is COCCC(=O)N1CCC[C@H](c2nc3c(c(=O)[nH]2)CN(C)CC3)C1. The molecule has 1 saturated heterocycles. The molecule has 0 unspecified atom stereocenters. The van der Waals surface area contributed by atoms with E-state index in [1.165, 1.54) is 0 Å². The van der Waals surface area contributed by atoms with E-state index in [1.54, 1.807) is 7.11 Å². The minimum atomic E-state index is -0.0237. The van der Waals surface area contributed by atoms with Gasteiger partial charge in [0.25, 0.3) is 5.56 Å². The Labute approximate surface area is 142 Å². The molecule has 2 aliphatic heterocycles. The van der Waals surface area contributed by atoms with Crippen molar-refractivity contribution in [1.82, 2.24) is 19.8 Å². The number of piperidine rings is 1. The van der Waals surface area contributed by atoms with Gasteiger partial charge in [0.05, 0.1) is 24.3 Å². The molecule has 7 heteroatoms. The molecule has 0 spiro atoms. The van der Waals surface area contributed by atoms with Gasteiger partial charge in [0, 0.05) is 45.6 Å². The summed E-state index contributed by atoms with van der Waals surface area (Å²) >= 11 is 0. The van der Waals surface area contributed by atoms with Crippen LogP contribution in [0.15, 0.2) is 4.79 Å². The quantitative estimate of drug-likeness (QED) is 0.867. The van der Waals surface area contributed by atoms with E-state index in [0.29, 0.717) is 26.1 Å². The number of fused-ring (bicyclic) bond motifs is 1. The summed E-state index contributed by atoms with van der Waals surface area (Å²) in [6.45, 7) is 3.43. The first-order valence-electron chi connectivity index (χ1n) is 8.65. The standard InChI is InChI=1S/C17H26N4O3/c1-20-8-5-14-13(11-20)17(23)19-16(18-14)12-4-3-7-21(10-12)15(22)6-9-24-2/h12H,3-11H2,1-2H3,(H,18,19,23)/t12-/m0/s1. The largest absolute Gasteiger partial charge is 0.384 e. The second kappa shape index (κ2) is 7.44. The molecule has 3 heterocycles. The van der Waals surface area contributed by atoms with Crippen molar-refractivity contribution in [2.24, 2.45) is 0 Å². The van der Waals surface area contributed by atoms with Gasteiger partial charge >= 0.3 is 0 Å². The van der Waals surface area contributed by atoms with Gasteiger partial charge in [-0.15, -0.1) is 0 Å². The van der Waals surface area contributed by atoms with E-state index < -0.39 is 0 Å². The monoisotopic (exact) mass is 334 g/mol. The van der Waals surface area contributed by atoms with E-state index in [2.05, 4.69) is 9.88 Å². The average Bonchev–Trinajstić information content (AvgIpc) is 2.60. The number of H-pyrrole nitrogens is 1. The summed E-state index contributed by atoms with van der Waals surface area (Å²) < 4.78 is 4.99. The second-order valence-electron chi connectivity index (χ2n) is 6.79. The predicted octanol–water partition coefficient (Wildman–Crippen LogP) is 0.500. The Bertz CT molecular complexity index is 658. The van der Waals surface area contributed by atoms with Crippen molar-refractivity contribution < 1.29 is 9.53 Å². The topological polar surface area (TPSA) is 78.5 Å². The number of aromatic amines is 1. The highest BCUT2D eigenvalue weighted by Crippen LogP contribution is 2.25. The molecule has 1 atom stereocenters. The lowest BCUT2D eigenvalue weighted by Crippen LogP contribution is -2.41. The molecule has 24 heavy (non-hydrogen) atoms. The number of likely N-dealkylation sites (N-methyl/N-ethyl adjacent to an activating group) is 1. The highest BCUT2D eigenvalue weighted by atomic mass is 16.5. The molecule has 0 aromatic carbocycles. The lowest BCUT2D eigenvalue weighted by Gasteiger charge is -2.33. The van der Waals surface area contributed by atoms with Gasteiger partial charge in [0.1, 0.15) is 5.82 Å². The zero-order valence-corrected chi connectivity index (χ0v) is 14.5. The van der Waals surface area contributed by atoms with E-state index in [0.717, 1.165) is 49.4 Å². The van der Waals surface area contributed by atoms with Crippen LogP contribution >= 0.6 is 0 Å². The molecule has 1 fully saturated rings. The van der Waals surface area contributed by atoms with E-state index in [4.69, 9.17) is 9.72 Å². The number of carbonyl (C=O) groups excluding carboxylic acids is 1. The molecule has 0 radical (unpaired) electrons. The van der Waals surface area contributed by atoms with Crippen LogP contribution in [0.25, 0.3) is 0 Å². The number of likely N-dealkylation sites (tertiary alicyclic amines) is 1. The van der Waals surface area contributed by atoms with Crippen LogP contribution in [0.5, 0.6) is 0 Å². The van der Waals surface area contributed by atoms with Crippen molar-refractivity contribution in [1.29, 1.82) is 0 Å². The third-order valence-electron chi connectivity index (χ3n) is 4.96. The molecule has 1 aromatic rings. The fraction of sp³-hybridized carbons (Fsp3) is 0.706. The molecule has 1 amide bonds. The van der Waals surface area contributed by atoms with Gasteiger partial charge in [0.15, 0.2) is 0 Å². The maximum Gasteiger partial charge on any atom is 0.255 e. The van der Waals surface area contributed by atoms with Crippen LogP contribution in [0.2, 0.25) is 0 Å². The molecule has 0 bridgehead atoms. The summed E-state index contributed by atoms with van der Waals surface area (Å²) in [5.41, 5.74) is 1.69. The van der Waals surface area contributed by atoms with Gasteiger partial charge in [-0.25, -0.2) is 4.98 Å².